The number of nitrogens with zero attached hydrogens (tertiary/aromatic N) is 2. The molecule has 0 spiro atoms. The molecule has 1 aliphatic heterocycles. The van der Waals surface area contributed by atoms with Gasteiger partial charge in [-0.05, 0) is 12.1 Å². The van der Waals surface area contributed by atoms with Gasteiger partial charge in [0.25, 0.3) is 11.6 Å². The Balaban J connectivity index is 1.86. The number of furan rings is 1. The van der Waals surface area contributed by atoms with Crippen LogP contribution in [0.2, 0.25) is 0 Å². The van der Waals surface area contributed by atoms with Crippen LogP contribution in [-0.4, -0.2) is 26.6 Å². The van der Waals surface area contributed by atoms with E-state index in [1.165, 1.54) is 28.8 Å². The van der Waals surface area contributed by atoms with Gasteiger partial charge in [-0.1, -0.05) is 42.2 Å². The molecule has 3 rings (SSSR count). The summed E-state index contributed by atoms with van der Waals surface area (Å²) >= 11 is 6.38. The topological polar surface area (TPSA) is 76.6 Å². The van der Waals surface area contributed by atoms with Gasteiger partial charge >= 0.3 is 0 Å². The minimum atomic E-state index is -0.460. The number of carbonyl (C=O) groups excluding carboxylic acids is 1. The van der Waals surface area contributed by atoms with Gasteiger partial charge in [0, 0.05) is 30.3 Å². The second-order valence-electron chi connectivity index (χ2n) is 5.09. The maximum atomic E-state index is 12.3. The molecule has 2 heterocycles. The predicted molar refractivity (Wildman–Crippen MR) is 101 cm³/mol. The van der Waals surface area contributed by atoms with E-state index in [2.05, 4.69) is 6.58 Å². The van der Waals surface area contributed by atoms with Crippen LogP contribution in [0, 0.1) is 10.1 Å². The number of thioether (sulfide) groups is 1. The van der Waals surface area contributed by atoms with Crippen LogP contribution in [0.5, 0.6) is 0 Å². The Bertz CT molecular complexity index is 917. The molecule has 1 aromatic heterocycles. The number of non-ortho nitro benzene ring substituents is 1. The maximum absolute atomic E-state index is 12.3. The number of carbonyl (C=O) groups is 1. The highest BCUT2D eigenvalue weighted by Crippen LogP contribution is 2.33. The van der Waals surface area contributed by atoms with Crippen LogP contribution in [-0.2, 0) is 4.79 Å². The van der Waals surface area contributed by atoms with Crippen molar-refractivity contribution < 1.29 is 14.1 Å². The number of nitro groups is 1. The fourth-order valence-electron chi connectivity index (χ4n) is 2.27. The van der Waals surface area contributed by atoms with Crippen molar-refractivity contribution in [2.45, 2.75) is 0 Å². The molecule has 126 valence electrons. The third-order valence-corrected chi connectivity index (χ3v) is 4.80. The molecule has 0 radical (unpaired) electrons. The number of nitro benzene ring substituents is 1. The molecule has 0 unspecified atom stereocenters. The quantitative estimate of drug-likeness (QED) is 0.257. The second kappa shape index (κ2) is 7.04. The SMILES string of the molecule is C=CCN1C(=O)/C(=C/c2ccc(-c3cccc([N+](=O)[O-])c3)o2)SC1=S. The van der Waals surface area contributed by atoms with Gasteiger partial charge in [0.1, 0.15) is 15.8 Å². The molecule has 0 N–H and O–H groups in total. The van der Waals surface area contributed by atoms with E-state index < -0.39 is 4.92 Å². The van der Waals surface area contributed by atoms with Gasteiger partial charge in [0.05, 0.1) is 9.83 Å². The molecule has 0 atom stereocenters. The van der Waals surface area contributed by atoms with Gasteiger partial charge in [0.2, 0.25) is 0 Å². The van der Waals surface area contributed by atoms with Crippen LogP contribution in [0.4, 0.5) is 5.69 Å². The number of amides is 1. The van der Waals surface area contributed by atoms with Gasteiger partial charge in [0.15, 0.2) is 0 Å². The third-order valence-electron chi connectivity index (χ3n) is 3.43. The van der Waals surface area contributed by atoms with Crippen molar-refractivity contribution in [3.05, 3.63) is 69.8 Å². The first-order valence-electron chi connectivity index (χ1n) is 7.20. The molecule has 6 nitrogen and oxygen atoms in total. The van der Waals surface area contributed by atoms with Crippen molar-refractivity contribution in [3.63, 3.8) is 0 Å². The summed E-state index contributed by atoms with van der Waals surface area (Å²) in [4.78, 5) is 24.6. The zero-order valence-electron chi connectivity index (χ0n) is 12.9. The first-order chi connectivity index (χ1) is 12.0. The smallest absolute Gasteiger partial charge is 0.270 e. The van der Waals surface area contributed by atoms with Gasteiger partial charge in [-0.3, -0.25) is 19.8 Å². The van der Waals surface area contributed by atoms with Gasteiger partial charge in [-0.15, -0.1) is 6.58 Å². The summed E-state index contributed by atoms with van der Waals surface area (Å²) in [6, 6.07) is 9.57. The molecule has 2 aromatic rings. The Morgan fingerprint density at radius 2 is 2.16 bits per heavy atom. The Hall–Kier alpha value is -2.71. The van der Waals surface area contributed by atoms with E-state index in [1.54, 1.807) is 36.4 Å². The average molecular weight is 372 g/mol. The molecular weight excluding hydrogens is 360 g/mol. The molecule has 0 bridgehead atoms. The van der Waals surface area contributed by atoms with E-state index in [9.17, 15) is 14.9 Å². The van der Waals surface area contributed by atoms with E-state index in [1.807, 2.05) is 0 Å². The Kier molecular flexibility index (Phi) is 4.82. The highest BCUT2D eigenvalue weighted by molar-refractivity contribution is 8.26. The monoisotopic (exact) mass is 372 g/mol. The second-order valence-corrected chi connectivity index (χ2v) is 6.77. The fraction of sp³-hybridized carbons (Fsp3) is 0.0588. The molecule has 1 fully saturated rings. The number of rotatable bonds is 5. The fourth-order valence-corrected chi connectivity index (χ4v) is 3.53. The summed E-state index contributed by atoms with van der Waals surface area (Å²) in [5.74, 6) is 0.764. The van der Waals surface area contributed by atoms with E-state index in [0.29, 0.717) is 32.9 Å². The molecule has 1 aliphatic rings. The van der Waals surface area contributed by atoms with E-state index in [-0.39, 0.29) is 11.6 Å². The lowest BCUT2D eigenvalue weighted by atomic mass is 10.1. The molecular formula is C17H12N2O4S2. The standard InChI is InChI=1S/C17H12N2O4S2/c1-2-8-18-16(20)15(25-17(18)24)10-13-6-7-14(23-13)11-4-3-5-12(9-11)19(21)22/h2-7,9-10H,1,8H2/b15-10-. The van der Waals surface area contributed by atoms with Crippen molar-refractivity contribution in [2.75, 3.05) is 6.54 Å². The third kappa shape index (κ3) is 3.54. The van der Waals surface area contributed by atoms with Crippen molar-refractivity contribution in [1.29, 1.82) is 0 Å². The van der Waals surface area contributed by atoms with Crippen LogP contribution in [0.25, 0.3) is 17.4 Å². The average Bonchev–Trinajstić information content (AvgIpc) is 3.16. The van der Waals surface area contributed by atoms with Crippen LogP contribution in [0.1, 0.15) is 5.76 Å². The molecule has 25 heavy (non-hydrogen) atoms. The highest BCUT2D eigenvalue weighted by atomic mass is 32.2. The first kappa shape index (κ1) is 17.1. The largest absolute Gasteiger partial charge is 0.457 e. The summed E-state index contributed by atoms with van der Waals surface area (Å²) in [6.45, 7) is 3.97. The first-order valence-corrected chi connectivity index (χ1v) is 8.43. The van der Waals surface area contributed by atoms with Crippen LogP contribution < -0.4 is 0 Å². The lowest BCUT2D eigenvalue weighted by molar-refractivity contribution is -0.384. The minimum absolute atomic E-state index is 0.0132. The Labute approximate surface area is 153 Å². The lowest BCUT2D eigenvalue weighted by Gasteiger charge is -2.10. The van der Waals surface area contributed by atoms with Gasteiger partial charge < -0.3 is 4.42 Å². The Morgan fingerprint density at radius 3 is 2.88 bits per heavy atom. The molecule has 1 amide bonds. The summed E-state index contributed by atoms with van der Waals surface area (Å²) in [5, 5.41) is 10.9. The van der Waals surface area contributed by atoms with Crippen molar-refractivity contribution >= 4 is 46.0 Å². The minimum Gasteiger partial charge on any atom is -0.457 e. The zero-order chi connectivity index (χ0) is 18.0. The number of benzene rings is 1. The van der Waals surface area contributed by atoms with Gasteiger partial charge in [-0.25, -0.2) is 0 Å². The normalized spacial score (nSPS) is 15.8. The summed E-state index contributed by atoms with van der Waals surface area (Å²) in [7, 11) is 0. The highest BCUT2D eigenvalue weighted by Gasteiger charge is 2.31. The number of hydrogen-bond donors (Lipinski definition) is 0. The summed E-state index contributed by atoms with van der Waals surface area (Å²) in [5.41, 5.74) is 0.578. The van der Waals surface area contributed by atoms with E-state index >= 15 is 0 Å². The van der Waals surface area contributed by atoms with Crippen molar-refractivity contribution in [3.8, 4) is 11.3 Å². The maximum Gasteiger partial charge on any atom is 0.270 e. The molecule has 0 aliphatic carbocycles. The van der Waals surface area contributed by atoms with Crippen LogP contribution in [0.3, 0.4) is 0 Å². The van der Waals surface area contributed by atoms with Crippen LogP contribution in [0.15, 0.2) is 58.4 Å². The number of hydrogen-bond acceptors (Lipinski definition) is 6. The van der Waals surface area contributed by atoms with Gasteiger partial charge in [-0.2, -0.15) is 0 Å². The van der Waals surface area contributed by atoms with Crippen molar-refractivity contribution in [2.24, 2.45) is 0 Å². The van der Waals surface area contributed by atoms with E-state index in [4.69, 9.17) is 16.6 Å². The molecule has 0 saturated carbocycles. The molecule has 1 aromatic carbocycles. The summed E-state index contributed by atoms with van der Waals surface area (Å²) in [6.07, 6.45) is 3.23. The lowest BCUT2D eigenvalue weighted by Crippen LogP contribution is -2.27. The summed E-state index contributed by atoms with van der Waals surface area (Å²) < 4.78 is 6.17. The van der Waals surface area contributed by atoms with Crippen LogP contribution >= 0.6 is 24.0 Å². The Morgan fingerprint density at radius 1 is 1.36 bits per heavy atom. The molecule has 8 heteroatoms. The van der Waals surface area contributed by atoms with E-state index in [0.717, 1.165) is 0 Å². The molecule has 1 saturated heterocycles. The zero-order valence-corrected chi connectivity index (χ0v) is 14.5. The number of thiocarbonyl (C=S) groups is 1. The predicted octanol–water partition coefficient (Wildman–Crippen LogP) is 4.24. The van der Waals surface area contributed by atoms with Crippen molar-refractivity contribution in [1.82, 2.24) is 4.90 Å².